The zero-order chi connectivity index (χ0) is 23.7. The number of carbonyl (C=O) groups is 1. The molecule has 0 saturated carbocycles. The molecule has 0 aromatic carbocycles. The molecule has 8 heteroatoms. The highest BCUT2D eigenvalue weighted by Crippen LogP contribution is 2.19. The molecule has 0 aliphatic carbocycles. The van der Waals surface area contributed by atoms with Gasteiger partial charge in [-0.3, -0.25) is 9.97 Å². The summed E-state index contributed by atoms with van der Waals surface area (Å²) in [7, 11) is 0. The summed E-state index contributed by atoms with van der Waals surface area (Å²) in [5.41, 5.74) is 7.74. The molecule has 2 unspecified atom stereocenters. The van der Waals surface area contributed by atoms with Crippen LogP contribution in [-0.2, 0) is 4.74 Å². The van der Waals surface area contributed by atoms with Gasteiger partial charge in [-0.05, 0) is 70.7 Å². The van der Waals surface area contributed by atoms with Crippen molar-refractivity contribution >= 4 is 17.5 Å². The standard InChI is InChI=1S/C15H23N3O2.C10H15N3/c1-15(2,3)20-14(19)17-12-6-5-9-18(11-12)13-7-4-8-16-10-13;11-9-3-2-6-13(8-9)10-4-1-5-12-7-10/h4,7-8,10,12H,5-6,9,11H2,1-3H3,(H,17,19);1,4-5,7,9H,2-3,6,8,11H2. The maximum absolute atomic E-state index is 11.8. The van der Waals surface area contributed by atoms with Crippen molar-refractivity contribution in [2.75, 3.05) is 36.0 Å². The first-order valence-electron chi connectivity index (χ1n) is 11.9. The molecule has 2 saturated heterocycles. The van der Waals surface area contributed by atoms with Crippen molar-refractivity contribution in [3.63, 3.8) is 0 Å². The van der Waals surface area contributed by atoms with Gasteiger partial charge in [0.1, 0.15) is 5.60 Å². The van der Waals surface area contributed by atoms with Crippen LogP contribution in [0.3, 0.4) is 0 Å². The van der Waals surface area contributed by atoms with E-state index in [1.165, 1.54) is 12.1 Å². The lowest BCUT2D eigenvalue weighted by molar-refractivity contribution is 0.0500. The lowest BCUT2D eigenvalue weighted by atomic mass is 10.1. The second-order valence-electron chi connectivity index (χ2n) is 9.70. The molecular formula is C25H38N6O2. The highest BCUT2D eigenvalue weighted by Gasteiger charge is 2.24. The number of hydrogen-bond donors (Lipinski definition) is 2. The number of piperidine rings is 2. The Morgan fingerprint density at radius 2 is 1.58 bits per heavy atom. The van der Waals surface area contributed by atoms with Gasteiger partial charge in [-0.2, -0.15) is 0 Å². The molecule has 2 aromatic heterocycles. The zero-order valence-corrected chi connectivity index (χ0v) is 20.1. The Hall–Kier alpha value is -2.87. The molecule has 180 valence electrons. The third-order valence-corrected chi connectivity index (χ3v) is 5.62. The van der Waals surface area contributed by atoms with E-state index >= 15 is 0 Å². The third-order valence-electron chi connectivity index (χ3n) is 5.62. The zero-order valence-electron chi connectivity index (χ0n) is 20.1. The quantitative estimate of drug-likeness (QED) is 0.732. The molecule has 0 bridgehead atoms. The topological polar surface area (TPSA) is 96.6 Å². The number of hydrogen-bond acceptors (Lipinski definition) is 7. The molecule has 2 atom stereocenters. The van der Waals surface area contributed by atoms with Crippen LogP contribution in [0.5, 0.6) is 0 Å². The van der Waals surface area contributed by atoms with Crippen LogP contribution in [-0.4, -0.2) is 59.9 Å². The van der Waals surface area contributed by atoms with E-state index in [1.54, 1.807) is 12.4 Å². The van der Waals surface area contributed by atoms with Gasteiger partial charge in [0.05, 0.1) is 23.8 Å². The van der Waals surface area contributed by atoms with Crippen LogP contribution < -0.4 is 20.9 Å². The highest BCUT2D eigenvalue weighted by atomic mass is 16.6. The Labute approximate surface area is 197 Å². The number of anilines is 2. The van der Waals surface area contributed by atoms with Crippen molar-refractivity contribution in [2.24, 2.45) is 5.73 Å². The highest BCUT2D eigenvalue weighted by molar-refractivity contribution is 5.68. The summed E-state index contributed by atoms with van der Waals surface area (Å²) >= 11 is 0. The van der Waals surface area contributed by atoms with Crippen LogP contribution in [0.4, 0.5) is 16.2 Å². The fourth-order valence-electron chi connectivity index (χ4n) is 4.13. The molecule has 4 rings (SSSR count). The molecule has 0 spiro atoms. The van der Waals surface area contributed by atoms with Crippen molar-refractivity contribution < 1.29 is 9.53 Å². The van der Waals surface area contributed by atoms with Gasteiger partial charge in [-0.25, -0.2) is 4.79 Å². The summed E-state index contributed by atoms with van der Waals surface area (Å²) in [6, 6.07) is 8.48. The average Bonchev–Trinajstić information content (AvgIpc) is 2.80. The Balaban J connectivity index is 0.000000203. The molecule has 4 heterocycles. The first-order valence-corrected chi connectivity index (χ1v) is 11.9. The Morgan fingerprint density at radius 3 is 2.09 bits per heavy atom. The lowest BCUT2D eigenvalue weighted by Gasteiger charge is -2.34. The van der Waals surface area contributed by atoms with Crippen molar-refractivity contribution in [3.05, 3.63) is 49.1 Å². The van der Waals surface area contributed by atoms with Gasteiger partial charge in [0.15, 0.2) is 0 Å². The van der Waals surface area contributed by atoms with E-state index in [0.29, 0.717) is 6.04 Å². The summed E-state index contributed by atoms with van der Waals surface area (Å²) in [4.78, 5) is 24.6. The molecule has 2 aliphatic heterocycles. The Morgan fingerprint density at radius 1 is 1.00 bits per heavy atom. The molecule has 0 radical (unpaired) electrons. The molecule has 8 nitrogen and oxygen atoms in total. The molecule has 3 N–H and O–H groups in total. The second-order valence-corrected chi connectivity index (χ2v) is 9.70. The molecule has 2 aromatic rings. The Bertz CT molecular complexity index is 843. The predicted molar refractivity (Wildman–Crippen MR) is 133 cm³/mol. The van der Waals surface area contributed by atoms with Crippen LogP contribution in [0.15, 0.2) is 49.1 Å². The number of amides is 1. The van der Waals surface area contributed by atoms with Gasteiger partial charge in [-0.1, -0.05) is 0 Å². The predicted octanol–water partition coefficient (Wildman–Crippen LogP) is 3.58. The summed E-state index contributed by atoms with van der Waals surface area (Å²) in [5.74, 6) is 0. The minimum atomic E-state index is -0.457. The van der Waals surface area contributed by atoms with Crippen molar-refractivity contribution in [1.82, 2.24) is 15.3 Å². The minimum Gasteiger partial charge on any atom is -0.444 e. The normalized spacial score (nSPS) is 21.0. The number of carbonyl (C=O) groups excluding carboxylic acids is 1. The Kier molecular flexibility index (Phi) is 8.88. The maximum Gasteiger partial charge on any atom is 0.407 e. The van der Waals surface area contributed by atoms with Crippen LogP contribution in [0.25, 0.3) is 0 Å². The number of pyridine rings is 2. The molecule has 1 amide bonds. The van der Waals surface area contributed by atoms with E-state index in [4.69, 9.17) is 10.5 Å². The fourth-order valence-corrected chi connectivity index (χ4v) is 4.13. The summed E-state index contributed by atoms with van der Waals surface area (Å²) in [5, 5.41) is 2.95. The van der Waals surface area contributed by atoms with Gasteiger partial charge < -0.3 is 25.6 Å². The first kappa shape index (κ1) is 24.8. The van der Waals surface area contributed by atoms with Gasteiger partial charge in [0.2, 0.25) is 0 Å². The second kappa shape index (κ2) is 11.8. The summed E-state index contributed by atoms with van der Waals surface area (Å²) in [6.07, 6.45) is 11.4. The van der Waals surface area contributed by atoms with Gasteiger partial charge in [0.25, 0.3) is 0 Å². The average molecular weight is 455 g/mol. The molecule has 33 heavy (non-hydrogen) atoms. The molecule has 2 aliphatic rings. The van der Waals surface area contributed by atoms with Gasteiger partial charge in [-0.15, -0.1) is 0 Å². The van der Waals surface area contributed by atoms with Crippen LogP contribution in [0.1, 0.15) is 46.5 Å². The number of nitrogens with one attached hydrogen (secondary N) is 1. The molecule has 2 fully saturated rings. The van der Waals surface area contributed by atoms with E-state index in [2.05, 4.69) is 31.2 Å². The first-order chi connectivity index (χ1) is 15.8. The van der Waals surface area contributed by atoms with E-state index in [9.17, 15) is 4.79 Å². The van der Waals surface area contributed by atoms with Crippen LogP contribution in [0.2, 0.25) is 0 Å². The van der Waals surface area contributed by atoms with Crippen molar-refractivity contribution in [3.8, 4) is 0 Å². The third kappa shape index (κ3) is 8.53. The smallest absolute Gasteiger partial charge is 0.407 e. The van der Waals surface area contributed by atoms with E-state index in [1.807, 2.05) is 51.4 Å². The number of alkyl carbamates (subject to hydrolysis) is 1. The number of nitrogens with zero attached hydrogens (tertiary/aromatic N) is 4. The monoisotopic (exact) mass is 454 g/mol. The van der Waals surface area contributed by atoms with Crippen molar-refractivity contribution in [2.45, 2.75) is 64.1 Å². The van der Waals surface area contributed by atoms with Gasteiger partial charge >= 0.3 is 6.09 Å². The minimum absolute atomic E-state index is 0.124. The number of nitrogens with two attached hydrogens (primary N) is 1. The SMILES string of the molecule is CC(C)(C)OC(=O)NC1CCCN(c2cccnc2)C1.NC1CCCN(c2cccnc2)C1. The summed E-state index contributed by atoms with van der Waals surface area (Å²) < 4.78 is 5.30. The van der Waals surface area contributed by atoms with Crippen molar-refractivity contribution in [1.29, 1.82) is 0 Å². The number of rotatable bonds is 3. The van der Waals surface area contributed by atoms with E-state index < -0.39 is 5.60 Å². The number of aromatic nitrogens is 2. The van der Waals surface area contributed by atoms with Crippen LogP contribution >= 0.6 is 0 Å². The van der Waals surface area contributed by atoms with E-state index in [-0.39, 0.29) is 12.1 Å². The largest absolute Gasteiger partial charge is 0.444 e. The fraction of sp³-hybridized carbons (Fsp3) is 0.560. The molecular weight excluding hydrogens is 416 g/mol. The lowest BCUT2D eigenvalue weighted by Crippen LogP contribution is -2.49. The van der Waals surface area contributed by atoms with Crippen LogP contribution in [0, 0.1) is 0 Å². The summed E-state index contributed by atoms with van der Waals surface area (Å²) in [6.45, 7) is 9.48. The maximum atomic E-state index is 11.8. The van der Waals surface area contributed by atoms with E-state index in [0.717, 1.165) is 51.1 Å². The van der Waals surface area contributed by atoms with Gasteiger partial charge in [0, 0.05) is 50.7 Å². The number of ether oxygens (including phenoxy) is 1.